The van der Waals surface area contributed by atoms with Crippen molar-refractivity contribution < 1.29 is 24.5 Å². The minimum absolute atomic E-state index is 0.0833. The molecule has 0 radical (unpaired) electrons. The molecule has 0 aliphatic heterocycles. The number of hydrogen-bond acceptors (Lipinski definition) is 3. The third kappa shape index (κ3) is 9.62. The molecule has 0 heterocycles. The van der Waals surface area contributed by atoms with Crippen LogP contribution in [0.4, 0.5) is 0 Å². The van der Waals surface area contributed by atoms with Gasteiger partial charge in [0.2, 0.25) is 0 Å². The van der Waals surface area contributed by atoms with Gasteiger partial charge in [-0.25, -0.2) is 9.59 Å². The lowest BCUT2D eigenvalue weighted by Gasteiger charge is -2.05. The van der Waals surface area contributed by atoms with E-state index in [0.29, 0.717) is 0 Å². The number of rotatable bonds is 4. The minimum atomic E-state index is -1.06. The van der Waals surface area contributed by atoms with Crippen molar-refractivity contribution in [1.82, 2.24) is 0 Å². The fraction of sp³-hybridized carbons (Fsp3) is 0.500. The Labute approximate surface area is 125 Å². The molecule has 2 N–H and O–H groups in total. The maximum atomic E-state index is 10.3. The summed E-state index contributed by atoms with van der Waals surface area (Å²) in [5.74, 6) is -2.13. The Morgan fingerprint density at radius 1 is 0.857 bits per heavy atom. The quantitative estimate of drug-likeness (QED) is 0.885. The standard InChI is InChI=1S/C8H6O4.C4H10O.C4H8/c9-7(10)5-1-2-6(4-3-5)8(11)12;1-3-5-4-2;1-2-4-3-1/h1-4H,(H,9,10)(H,11,12);3-4H2,1-2H3;1-4H2. The average molecular weight is 296 g/mol. The van der Waals surface area contributed by atoms with Gasteiger partial charge in [-0.1, -0.05) is 25.7 Å². The molecule has 0 atom stereocenters. The molecule has 0 amide bonds. The van der Waals surface area contributed by atoms with E-state index in [2.05, 4.69) is 0 Å². The van der Waals surface area contributed by atoms with E-state index in [9.17, 15) is 9.59 Å². The molecule has 0 aromatic heterocycles. The first-order chi connectivity index (χ1) is 10.0. The number of carbonyl (C=O) groups is 2. The van der Waals surface area contributed by atoms with Crippen LogP contribution in [0.1, 0.15) is 60.2 Å². The first-order valence-electron chi connectivity index (χ1n) is 7.17. The summed E-state index contributed by atoms with van der Waals surface area (Å²) in [7, 11) is 0. The fourth-order valence-corrected chi connectivity index (χ4v) is 1.21. The van der Waals surface area contributed by atoms with Gasteiger partial charge in [0.25, 0.3) is 0 Å². The lowest BCUT2D eigenvalue weighted by Crippen LogP contribution is -1.99. The highest BCUT2D eigenvalue weighted by atomic mass is 16.5. The summed E-state index contributed by atoms with van der Waals surface area (Å²) in [4.78, 5) is 20.7. The van der Waals surface area contributed by atoms with Crippen LogP contribution in [0, 0.1) is 0 Å². The monoisotopic (exact) mass is 296 g/mol. The SMILES string of the molecule is C1CCC1.CCOCC.O=C(O)c1ccc(C(=O)O)cc1. The van der Waals surface area contributed by atoms with Crippen LogP contribution in [0.3, 0.4) is 0 Å². The number of hydrogen-bond donors (Lipinski definition) is 2. The molecule has 1 aromatic carbocycles. The normalized spacial score (nSPS) is 11.9. The Morgan fingerprint density at radius 3 is 1.24 bits per heavy atom. The summed E-state index contributed by atoms with van der Waals surface area (Å²) in [6.45, 7) is 5.67. The van der Waals surface area contributed by atoms with Gasteiger partial charge in [0, 0.05) is 13.2 Å². The molecular weight excluding hydrogens is 272 g/mol. The van der Waals surface area contributed by atoms with Crippen LogP contribution in [0.2, 0.25) is 0 Å². The highest BCUT2D eigenvalue weighted by Gasteiger charge is 2.04. The molecule has 1 saturated carbocycles. The van der Waals surface area contributed by atoms with Crippen LogP contribution in [0.25, 0.3) is 0 Å². The largest absolute Gasteiger partial charge is 0.478 e. The molecule has 21 heavy (non-hydrogen) atoms. The number of ether oxygens (including phenoxy) is 1. The third-order valence-corrected chi connectivity index (χ3v) is 2.79. The van der Waals surface area contributed by atoms with Crippen molar-refractivity contribution in [2.45, 2.75) is 39.5 Å². The fourth-order valence-electron chi connectivity index (χ4n) is 1.21. The summed E-state index contributed by atoms with van der Waals surface area (Å²) in [6.07, 6.45) is 6.00. The Kier molecular flexibility index (Phi) is 10.8. The number of benzene rings is 1. The second-order valence-corrected chi connectivity index (χ2v) is 4.38. The molecule has 1 aliphatic carbocycles. The summed E-state index contributed by atoms with van der Waals surface area (Å²) in [5, 5.41) is 16.9. The highest BCUT2D eigenvalue weighted by Crippen LogP contribution is 2.15. The number of aromatic carboxylic acids is 2. The van der Waals surface area contributed by atoms with E-state index in [1.807, 2.05) is 13.8 Å². The van der Waals surface area contributed by atoms with Gasteiger partial charge in [0.1, 0.15) is 0 Å². The van der Waals surface area contributed by atoms with Gasteiger partial charge in [0.05, 0.1) is 11.1 Å². The lowest BCUT2D eigenvalue weighted by atomic mass is 10.0. The Hall–Kier alpha value is -1.88. The zero-order chi connectivity index (χ0) is 16.1. The van der Waals surface area contributed by atoms with E-state index in [0.717, 1.165) is 13.2 Å². The molecule has 0 unspecified atom stereocenters. The van der Waals surface area contributed by atoms with Gasteiger partial charge in [-0.15, -0.1) is 0 Å². The Balaban J connectivity index is 0.000000364. The van der Waals surface area contributed by atoms with E-state index < -0.39 is 11.9 Å². The van der Waals surface area contributed by atoms with Gasteiger partial charge in [0.15, 0.2) is 0 Å². The van der Waals surface area contributed by atoms with Crippen molar-refractivity contribution in [2.75, 3.05) is 13.2 Å². The third-order valence-electron chi connectivity index (χ3n) is 2.79. The molecule has 1 aromatic rings. The maximum absolute atomic E-state index is 10.3. The number of carboxylic acids is 2. The van der Waals surface area contributed by atoms with Crippen LogP contribution in [-0.2, 0) is 4.74 Å². The van der Waals surface area contributed by atoms with Crippen LogP contribution >= 0.6 is 0 Å². The van der Waals surface area contributed by atoms with Gasteiger partial charge in [-0.3, -0.25) is 0 Å². The average Bonchev–Trinajstić information content (AvgIpc) is 2.38. The Bertz CT molecular complexity index is 368. The summed E-state index contributed by atoms with van der Waals surface area (Å²) < 4.78 is 4.83. The molecule has 118 valence electrons. The molecule has 1 aliphatic rings. The predicted octanol–water partition coefficient (Wildman–Crippen LogP) is 3.69. The summed E-state index contributed by atoms with van der Waals surface area (Å²) >= 11 is 0. The lowest BCUT2D eigenvalue weighted by molar-refractivity contribution is 0.0681. The second kappa shape index (κ2) is 11.9. The Morgan fingerprint density at radius 2 is 1.14 bits per heavy atom. The van der Waals surface area contributed by atoms with Crippen molar-refractivity contribution in [3.63, 3.8) is 0 Å². The molecule has 5 nitrogen and oxygen atoms in total. The molecule has 5 heteroatoms. The molecule has 1 fully saturated rings. The minimum Gasteiger partial charge on any atom is -0.478 e. The van der Waals surface area contributed by atoms with Gasteiger partial charge >= 0.3 is 11.9 Å². The molecule has 0 saturated heterocycles. The topological polar surface area (TPSA) is 83.8 Å². The molecule has 0 spiro atoms. The summed E-state index contributed by atoms with van der Waals surface area (Å²) in [6, 6.07) is 5.02. The first kappa shape index (κ1) is 19.1. The van der Waals surface area contributed by atoms with Crippen LogP contribution in [-0.4, -0.2) is 35.4 Å². The van der Waals surface area contributed by atoms with Crippen molar-refractivity contribution in [3.05, 3.63) is 35.4 Å². The highest BCUT2D eigenvalue weighted by molar-refractivity contribution is 5.91. The van der Waals surface area contributed by atoms with E-state index >= 15 is 0 Å². The van der Waals surface area contributed by atoms with E-state index in [1.54, 1.807) is 0 Å². The van der Waals surface area contributed by atoms with Crippen LogP contribution in [0.5, 0.6) is 0 Å². The molecule has 2 rings (SSSR count). The van der Waals surface area contributed by atoms with Crippen molar-refractivity contribution in [3.8, 4) is 0 Å². The van der Waals surface area contributed by atoms with E-state index in [1.165, 1.54) is 49.9 Å². The smallest absolute Gasteiger partial charge is 0.335 e. The zero-order valence-electron chi connectivity index (χ0n) is 12.7. The predicted molar refractivity (Wildman–Crippen MR) is 81.0 cm³/mol. The summed E-state index contributed by atoms with van der Waals surface area (Å²) in [5.41, 5.74) is 0.167. The van der Waals surface area contributed by atoms with Gasteiger partial charge in [-0.2, -0.15) is 0 Å². The maximum Gasteiger partial charge on any atom is 0.335 e. The van der Waals surface area contributed by atoms with Crippen molar-refractivity contribution >= 4 is 11.9 Å². The van der Waals surface area contributed by atoms with Crippen molar-refractivity contribution in [2.24, 2.45) is 0 Å². The van der Waals surface area contributed by atoms with Crippen LogP contribution < -0.4 is 0 Å². The van der Waals surface area contributed by atoms with Gasteiger partial charge in [-0.05, 0) is 38.1 Å². The van der Waals surface area contributed by atoms with Crippen LogP contribution in [0.15, 0.2) is 24.3 Å². The second-order valence-electron chi connectivity index (χ2n) is 4.38. The zero-order valence-corrected chi connectivity index (χ0v) is 12.7. The number of carboxylic acid groups (broad SMARTS) is 2. The molecule has 0 bridgehead atoms. The first-order valence-corrected chi connectivity index (χ1v) is 7.17. The van der Waals surface area contributed by atoms with E-state index in [-0.39, 0.29) is 11.1 Å². The van der Waals surface area contributed by atoms with Gasteiger partial charge < -0.3 is 14.9 Å². The van der Waals surface area contributed by atoms with Crippen molar-refractivity contribution in [1.29, 1.82) is 0 Å². The van der Waals surface area contributed by atoms with E-state index in [4.69, 9.17) is 14.9 Å². The molecular formula is C16H24O5.